The van der Waals surface area contributed by atoms with Gasteiger partial charge in [-0.25, -0.2) is 22.8 Å². The van der Waals surface area contributed by atoms with Gasteiger partial charge in [0.1, 0.15) is 10.9 Å². The van der Waals surface area contributed by atoms with E-state index in [2.05, 4.69) is 29.2 Å². The van der Waals surface area contributed by atoms with E-state index in [0.29, 0.717) is 18.4 Å². The SMILES string of the molecule is CC1(C)CCC(CCCOc2cccc(S(=O)(=O)NC(=O)c3ccc(-n4ccc(OCCC5(C(F)(F)F)CC5)n4)nc3Cl)c2)N1. The summed E-state index contributed by atoms with van der Waals surface area (Å²) >= 11 is 6.23. The molecule has 45 heavy (non-hydrogen) atoms. The van der Waals surface area contributed by atoms with Crippen molar-refractivity contribution in [2.45, 2.75) is 81.4 Å². The molecule has 244 valence electrons. The zero-order valence-electron chi connectivity index (χ0n) is 24.9. The summed E-state index contributed by atoms with van der Waals surface area (Å²) in [5, 5.41) is 7.45. The van der Waals surface area contributed by atoms with E-state index in [4.69, 9.17) is 21.1 Å². The van der Waals surface area contributed by atoms with Gasteiger partial charge in [0.15, 0.2) is 5.82 Å². The predicted octanol–water partition coefficient (Wildman–Crippen LogP) is 5.84. The number of aromatic nitrogens is 3. The van der Waals surface area contributed by atoms with Crippen molar-refractivity contribution in [1.29, 1.82) is 0 Å². The van der Waals surface area contributed by atoms with Gasteiger partial charge in [0.25, 0.3) is 15.9 Å². The molecule has 1 amide bonds. The monoisotopic (exact) mass is 669 g/mol. The maximum Gasteiger partial charge on any atom is 0.394 e. The Bertz CT molecular complexity index is 1640. The molecule has 0 bridgehead atoms. The maximum absolute atomic E-state index is 13.1. The van der Waals surface area contributed by atoms with Gasteiger partial charge in [-0.15, -0.1) is 5.10 Å². The lowest BCUT2D eigenvalue weighted by Crippen LogP contribution is -2.37. The van der Waals surface area contributed by atoms with Gasteiger partial charge in [-0.3, -0.25) is 4.79 Å². The van der Waals surface area contributed by atoms with Crippen molar-refractivity contribution in [3.63, 3.8) is 0 Å². The van der Waals surface area contributed by atoms with Crippen LogP contribution in [0, 0.1) is 5.41 Å². The average molecular weight is 670 g/mol. The highest BCUT2D eigenvalue weighted by Crippen LogP contribution is 2.59. The quantitative estimate of drug-likeness (QED) is 0.172. The van der Waals surface area contributed by atoms with Crippen LogP contribution < -0.4 is 19.5 Å². The van der Waals surface area contributed by atoms with Crippen LogP contribution in [0.5, 0.6) is 11.6 Å². The van der Waals surface area contributed by atoms with Crippen molar-refractivity contribution in [2.75, 3.05) is 13.2 Å². The number of nitrogens with one attached hydrogen (secondary N) is 2. The van der Waals surface area contributed by atoms with Crippen molar-refractivity contribution >= 4 is 27.5 Å². The summed E-state index contributed by atoms with van der Waals surface area (Å²) in [4.78, 5) is 16.8. The fourth-order valence-electron chi connectivity index (χ4n) is 5.35. The van der Waals surface area contributed by atoms with Gasteiger partial charge >= 0.3 is 6.18 Å². The number of alkyl halides is 3. The van der Waals surface area contributed by atoms with Crippen LogP contribution >= 0.6 is 11.6 Å². The summed E-state index contributed by atoms with van der Waals surface area (Å²) < 4.78 is 79.8. The number of benzene rings is 1. The minimum Gasteiger partial charge on any atom is -0.494 e. The Morgan fingerprint density at radius 2 is 1.91 bits per heavy atom. The third kappa shape index (κ3) is 8.08. The Hall–Kier alpha value is -3.36. The second-order valence-corrected chi connectivity index (χ2v) is 14.2. The van der Waals surface area contributed by atoms with E-state index >= 15 is 0 Å². The van der Waals surface area contributed by atoms with Crippen molar-refractivity contribution in [2.24, 2.45) is 5.41 Å². The van der Waals surface area contributed by atoms with Crippen LogP contribution in [0.25, 0.3) is 5.82 Å². The van der Waals surface area contributed by atoms with E-state index in [1.54, 1.807) is 6.07 Å². The Morgan fingerprint density at radius 1 is 1.13 bits per heavy atom. The first-order valence-electron chi connectivity index (χ1n) is 14.7. The molecule has 0 spiro atoms. The summed E-state index contributed by atoms with van der Waals surface area (Å²) in [7, 11) is -4.27. The molecule has 1 atom stereocenters. The number of amides is 1. The lowest BCUT2D eigenvalue weighted by molar-refractivity contribution is -0.190. The summed E-state index contributed by atoms with van der Waals surface area (Å²) in [5.41, 5.74) is -1.72. The fourth-order valence-corrected chi connectivity index (χ4v) is 6.58. The Morgan fingerprint density at radius 3 is 2.58 bits per heavy atom. The van der Waals surface area contributed by atoms with E-state index in [0.717, 1.165) is 25.7 Å². The molecule has 2 aromatic heterocycles. The van der Waals surface area contributed by atoms with Gasteiger partial charge in [-0.2, -0.15) is 13.2 Å². The van der Waals surface area contributed by atoms with Gasteiger partial charge in [0.2, 0.25) is 5.88 Å². The Balaban J connectivity index is 1.14. The first-order chi connectivity index (χ1) is 21.2. The molecule has 10 nitrogen and oxygen atoms in total. The number of ether oxygens (including phenoxy) is 2. The summed E-state index contributed by atoms with van der Waals surface area (Å²) in [6.45, 7) is 4.64. The second kappa shape index (κ2) is 12.8. The number of carbonyl (C=O) groups excluding carboxylic acids is 1. The van der Waals surface area contributed by atoms with E-state index < -0.39 is 27.5 Å². The molecule has 0 radical (unpaired) electrons. The summed E-state index contributed by atoms with van der Waals surface area (Å²) in [6.07, 6.45) is 1.23. The first-order valence-corrected chi connectivity index (χ1v) is 16.5. The van der Waals surface area contributed by atoms with Gasteiger partial charge in [-0.05, 0) is 83.1 Å². The minimum atomic E-state index is -4.27. The van der Waals surface area contributed by atoms with Crippen LogP contribution in [-0.2, 0) is 10.0 Å². The lowest BCUT2D eigenvalue weighted by atomic mass is 10.0. The van der Waals surface area contributed by atoms with Crippen LogP contribution in [-0.4, -0.2) is 60.1 Å². The molecule has 1 aromatic carbocycles. The molecule has 1 aliphatic carbocycles. The Kier molecular flexibility index (Phi) is 9.39. The summed E-state index contributed by atoms with van der Waals surface area (Å²) in [6, 6.07) is 10.5. The number of rotatable bonds is 13. The van der Waals surface area contributed by atoms with Crippen molar-refractivity contribution in [3.8, 4) is 17.4 Å². The molecule has 2 fully saturated rings. The number of hydrogen-bond acceptors (Lipinski definition) is 8. The third-order valence-corrected chi connectivity index (χ3v) is 9.80. The second-order valence-electron chi connectivity index (χ2n) is 12.1. The van der Waals surface area contributed by atoms with Crippen molar-refractivity contribution in [1.82, 2.24) is 24.8 Å². The number of carbonyl (C=O) groups is 1. The zero-order valence-corrected chi connectivity index (χ0v) is 26.4. The molecule has 1 unspecified atom stereocenters. The molecular formula is C30H35ClF3N5O5S. The number of hydrogen-bond donors (Lipinski definition) is 2. The number of halogens is 4. The van der Waals surface area contributed by atoms with Crippen LogP contribution in [0.2, 0.25) is 5.15 Å². The largest absolute Gasteiger partial charge is 0.494 e. The van der Waals surface area contributed by atoms with Crippen molar-refractivity contribution < 1.29 is 35.9 Å². The minimum absolute atomic E-state index is 0.0935. The average Bonchev–Trinajstić information content (AvgIpc) is 3.49. The smallest absolute Gasteiger partial charge is 0.394 e. The fraction of sp³-hybridized carbons (Fsp3) is 0.500. The van der Waals surface area contributed by atoms with E-state index in [1.807, 2.05) is 4.72 Å². The molecule has 3 aromatic rings. The molecule has 1 aliphatic heterocycles. The highest BCUT2D eigenvalue weighted by Gasteiger charge is 2.62. The van der Waals surface area contributed by atoms with E-state index in [1.165, 1.54) is 47.3 Å². The van der Waals surface area contributed by atoms with Crippen LogP contribution in [0.1, 0.15) is 69.2 Å². The molecular weight excluding hydrogens is 635 g/mol. The normalized spacial score (nSPS) is 18.8. The highest BCUT2D eigenvalue weighted by molar-refractivity contribution is 7.90. The van der Waals surface area contributed by atoms with Crippen LogP contribution in [0.3, 0.4) is 0 Å². The first kappa shape index (κ1) is 33.0. The van der Waals surface area contributed by atoms with Gasteiger partial charge < -0.3 is 14.8 Å². The third-order valence-electron chi connectivity index (χ3n) is 8.18. The molecule has 5 rings (SSSR count). The van der Waals surface area contributed by atoms with Crippen LogP contribution in [0.15, 0.2) is 53.6 Å². The topological polar surface area (TPSA) is 124 Å². The molecule has 2 aliphatic rings. The van der Waals surface area contributed by atoms with Gasteiger partial charge in [0.05, 0.1) is 29.1 Å². The maximum atomic E-state index is 13.1. The molecule has 1 saturated carbocycles. The predicted molar refractivity (Wildman–Crippen MR) is 160 cm³/mol. The number of sulfonamides is 1. The molecule has 2 N–H and O–H groups in total. The molecule has 1 saturated heterocycles. The van der Waals surface area contributed by atoms with Crippen molar-refractivity contribution in [3.05, 3.63) is 59.4 Å². The molecule has 3 heterocycles. The standard InChI is InChI=1S/C30H35ClF3N5O5S/c1-28(2)12-10-20(36-28)5-4-17-43-21-6-3-7-22(19-21)45(41,42)38-27(40)23-8-9-24(35-26(23)31)39-16-11-25(37-39)44-18-15-29(13-14-29)30(32,33)34/h3,6-9,11,16,19-20,36H,4-5,10,12-15,17-18H2,1-2H3,(H,38,40). The van der Waals surface area contributed by atoms with Gasteiger partial charge in [-0.1, -0.05) is 17.7 Å². The summed E-state index contributed by atoms with van der Waals surface area (Å²) in [5.74, 6) is -0.343. The highest BCUT2D eigenvalue weighted by atomic mass is 35.5. The number of nitrogens with zero attached hydrogens (tertiary/aromatic N) is 3. The van der Waals surface area contributed by atoms with Crippen LogP contribution in [0.4, 0.5) is 13.2 Å². The van der Waals surface area contributed by atoms with Gasteiger partial charge in [0, 0.05) is 29.9 Å². The lowest BCUT2D eigenvalue weighted by Gasteiger charge is -2.20. The number of pyridine rings is 1. The Labute approximate surface area is 264 Å². The molecule has 15 heteroatoms. The zero-order chi connectivity index (χ0) is 32.5. The van der Waals surface area contributed by atoms with E-state index in [9.17, 15) is 26.4 Å². The van der Waals surface area contributed by atoms with E-state index in [-0.39, 0.29) is 58.7 Å².